The van der Waals surface area contributed by atoms with Crippen LogP contribution in [0.1, 0.15) is 11.1 Å². The van der Waals surface area contributed by atoms with Crippen molar-refractivity contribution in [2.24, 2.45) is 0 Å². The zero-order valence-corrected chi connectivity index (χ0v) is 18.5. The van der Waals surface area contributed by atoms with Gasteiger partial charge >= 0.3 is 0 Å². The van der Waals surface area contributed by atoms with Crippen LogP contribution in [0.15, 0.2) is 59.8 Å². The molecular formula is C24H23N5O4. The number of rotatable bonds is 7. The highest BCUT2D eigenvalue weighted by atomic mass is 16.5. The lowest BCUT2D eigenvalue weighted by Gasteiger charge is -2.13. The zero-order valence-electron chi connectivity index (χ0n) is 18.5. The third-order valence-corrected chi connectivity index (χ3v) is 5.16. The van der Waals surface area contributed by atoms with Gasteiger partial charge in [-0.25, -0.2) is 15.0 Å². The molecule has 4 aromatic rings. The third kappa shape index (κ3) is 4.67. The highest BCUT2D eigenvalue weighted by molar-refractivity contribution is 5.77. The van der Waals surface area contributed by atoms with Gasteiger partial charge in [-0.2, -0.15) is 0 Å². The fourth-order valence-electron chi connectivity index (χ4n) is 3.41. The predicted octanol–water partition coefficient (Wildman–Crippen LogP) is 2.50. The number of para-hydroxylation sites is 1. The van der Waals surface area contributed by atoms with Crippen molar-refractivity contribution in [2.45, 2.75) is 20.0 Å². The van der Waals surface area contributed by atoms with E-state index in [9.17, 15) is 9.59 Å². The van der Waals surface area contributed by atoms with E-state index in [1.165, 1.54) is 24.2 Å². The van der Waals surface area contributed by atoms with E-state index in [1.807, 2.05) is 43.3 Å². The Bertz CT molecular complexity index is 1370. The molecule has 0 radical (unpaired) electrons. The lowest BCUT2D eigenvalue weighted by atomic mass is 10.1. The minimum Gasteiger partial charge on any atom is -0.493 e. The van der Waals surface area contributed by atoms with E-state index in [0.717, 1.165) is 16.7 Å². The number of hydrogen-bond acceptors (Lipinski definition) is 7. The Morgan fingerprint density at radius 2 is 1.85 bits per heavy atom. The minimum atomic E-state index is -0.385. The number of aryl methyl sites for hydroxylation is 1. The lowest BCUT2D eigenvalue weighted by Crippen LogP contribution is -2.32. The summed E-state index contributed by atoms with van der Waals surface area (Å²) in [5, 5.41) is 3.04. The van der Waals surface area contributed by atoms with Gasteiger partial charge in [-0.1, -0.05) is 42.0 Å². The molecule has 0 bridgehead atoms. The first-order valence-electron chi connectivity index (χ1n) is 10.3. The minimum absolute atomic E-state index is 0.187. The van der Waals surface area contributed by atoms with Gasteiger partial charge in [-0.15, -0.1) is 0 Å². The van der Waals surface area contributed by atoms with Crippen LogP contribution in [-0.4, -0.2) is 39.6 Å². The number of carbonyl (C=O) groups is 1. The van der Waals surface area contributed by atoms with Gasteiger partial charge in [0, 0.05) is 23.9 Å². The summed E-state index contributed by atoms with van der Waals surface area (Å²) < 4.78 is 11.9. The first-order chi connectivity index (χ1) is 16.0. The highest BCUT2D eigenvalue weighted by Crippen LogP contribution is 2.30. The van der Waals surface area contributed by atoms with Crippen LogP contribution in [0.4, 0.5) is 0 Å². The first kappa shape index (κ1) is 21.9. The maximum atomic E-state index is 12.8. The lowest BCUT2D eigenvalue weighted by molar-refractivity contribution is -0.121. The zero-order chi connectivity index (χ0) is 23.4. The Balaban J connectivity index is 1.50. The Kier molecular flexibility index (Phi) is 6.30. The van der Waals surface area contributed by atoms with Crippen molar-refractivity contribution in [3.63, 3.8) is 0 Å². The SMILES string of the molecule is COc1cccc(CNC(=O)Cn2cnc3nc(-c4ccc(C)cc4)ncc3c2=O)c1OC. The number of nitrogens with zero attached hydrogens (tertiary/aromatic N) is 4. The Morgan fingerprint density at radius 1 is 1.06 bits per heavy atom. The summed E-state index contributed by atoms with van der Waals surface area (Å²) in [5.41, 5.74) is 2.61. The molecule has 2 aromatic heterocycles. The van der Waals surface area contributed by atoms with E-state index < -0.39 is 0 Å². The molecule has 168 valence electrons. The second kappa shape index (κ2) is 9.47. The Morgan fingerprint density at radius 3 is 2.58 bits per heavy atom. The summed E-state index contributed by atoms with van der Waals surface area (Å²) in [6.07, 6.45) is 2.77. The van der Waals surface area contributed by atoms with Gasteiger partial charge in [0.15, 0.2) is 23.0 Å². The molecule has 0 fully saturated rings. The average Bonchev–Trinajstić information content (AvgIpc) is 2.84. The Hall–Kier alpha value is -4.27. The number of ether oxygens (including phenoxy) is 2. The van der Waals surface area contributed by atoms with Crippen molar-refractivity contribution in [2.75, 3.05) is 14.2 Å². The first-order valence-corrected chi connectivity index (χ1v) is 10.3. The summed E-state index contributed by atoms with van der Waals surface area (Å²) in [4.78, 5) is 38.3. The van der Waals surface area contributed by atoms with Crippen LogP contribution in [0, 0.1) is 6.92 Å². The molecule has 0 aliphatic carbocycles. The second-order valence-electron chi connectivity index (χ2n) is 7.40. The van der Waals surface area contributed by atoms with Gasteiger partial charge in [0.05, 0.1) is 14.2 Å². The van der Waals surface area contributed by atoms with Crippen molar-refractivity contribution < 1.29 is 14.3 Å². The summed E-state index contributed by atoms with van der Waals surface area (Å²) in [7, 11) is 3.09. The van der Waals surface area contributed by atoms with Gasteiger partial charge in [-0.05, 0) is 13.0 Å². The van der Waals surface area contributed by atoms with Crippen LogP contribution < -0.4 is 20.3 Å². The molecule has 9 heteroatoms. The number of benzene rings is 2. The van der Waals surface area contributed by atoms with Crippen LogP contribution in [0.3, 0.4) is 0 Å². The molecule has 9 nitrogen and oxygen atoms in total. The molecule has 0 saturated heterocycles. The summed E-state index contributed by atoms with van der Waals surface area (Å²) in [5.74, 6) is 1.26. The Labute approximate surface area is 190 Å². The van der Waals surface area contributed by atoms with Gasteiger partial charge < -0.3 is 14.8 Å². The fraction of sp³-hybridized carbons (Fsp3) is 0.208. The number of fused-ring (bicyclic) bond motifs is 1. The normalized spacial score (nSPS) is 10.8. The average molecular weight is 445 g/mol. The summed E-state index contributed by atoms with van der Waals surface area (Å²) in [6.45, 7) is 2.03. The molecule has 0 aliphatic heterocycles. The maximum absolute atomic E-state index is 12.8. The smallest absolute Gasteiger partial charge is 0.264 e. The van der Waals surface area contributed by atoms with Crippen molar-refractivity contribution >= 4 is 16.9 Å². The van der Waals surface area contributed by atoms with Crippen LogP contribution in [0.2, 0.25) is 0 Å². The molecular weight excluding hydrogens is 422 g/mol. The standard InChI is InChI=1S/C24H23N5O4/c1-15-7-9-16(10-8-15)22-26-12-18-23(28-22)27-14-29(24(18)31)13-20(30)25-11-17-5-4-6-19(32-2)21(17)33-3/h4-10,12,14H,11,13H2,1-3H3,(H,25,30). The summed E-state index contributed by atoms with van der Waals surface area (Å²) >= 11 is 0. The van der Waals surface area contributed by atoms with E-state index in [4.69, 9.17) is 9.47 Å². The maximum Gasteiger partial charge on any atom is 0.264 e. The molecule has 33 heavy (non-hydrogen) atoms. The number of aromatic nitrogens is 4. The van der Waals surface area contributed by atoms with E-state index in [2.05, 4.69) is 20.3 Å². The van der Waals surface area contributed by atoms with Crippen LogP contribution in [0.25, 0.3) is 22.4 Å². The number of methoxy groups -OCH3 is 2. The van der Waals surface area contributed by atoms with Crippen molar-refractivity contribution in [3.8, 4) is 22.9 Å². The van der Waals surface area contributed by atoms with Crippen LogP contribution in [-0.2, 0) is 17.9 Å². The number of nitrogens with one attached hydrogen (secondary N) is 1. The number of carbonyl (C=O) groups excluding carboxylic acids is 1. The van der Waals surface area contributed by atoms with Crippen molar-refractivity contribution in [3.05, 3.63) is 76.5 Å². The second-order valence-corrected chi connectivity index (χ2v) is 7.40. The monoisotopic (exact) mass is 445 g/mol. The molecule has 4 rings (SSSR count). The highest BCUT2D eigenvalue weighted by Gasteiger charge is 2.13. The van der Waals surface area contributed by atoms with Crippen LogP contribution >= 0.6 is 0 Å². The van der Waals surface area contributed by atoms with E-state index in [-0.39, 0.29) is 35.6 Å². The summed E-state index contributed by atoms with van der Waals surface area (Å²) in [6, 6.07) is 13.2. The molecule has 0 atom stereocenters. The molecule has 2 aromatic carbocycles. The molecule has 2 heterocycles. The fourth-order valence-corrected chi connectivity index (χ4v) is 3.41. The molecule has 0 spiro atoms. The molecule has 1 amide bonds. The van der Waals surface area contributed by atoms with Gasteiger partial charge in [0.1, 0.15) is 18.3 Å². The molecule has 1 N–H and O–H groups in total. The van der Waals surface area contributed by atoms with Gasteiger partial charge in [0.2, 0.25) is 5.91 Å². The number of amides is 1. The van der Waals surface area contributed by atoms with Gasteiger partial charge in [-0.3, -0.25) is 14.2 Å². The van der Waals surface area contributed by atoms with E-state index in [1.54, 1.807) is 13.2 Å². The predicted molar refractivity (Wildman–Crippen MR) is 123 cm³/mol. The number of hydrogen-bond donors (Lipinski definition) is 1. The topological polar surface area (TPSA) is 108 Å². The van der Waals surface area contributed by atoms with E-state index >= 15 is 0 Å². The molecule has 0 unspecified atom stereocenters. The van der Waals surface area contributed by atoms with Crippen molar-refractivity contribution in [1.82, 2.24) is 24.8 Å². The van der Waals surface area contributed by atoms with Crippen molar-refractivity contribution in [1.29, 1.82) is 0 Å². The quantitative estimate of drug-likeness (QED) is 0.466. The molecule has 0 saturated carbocycles. The van der Waals surface area contributed by atoms with Gasteiger partial charge in [0.25, 0.3) is 5.56 Å². The van der Waals surface area contributed by atoms with Crippen LogP contribution in [0.5, 0.6) is 11.5 Å². The third-order valence-electron chi connectivity index (χ3n) is 5.16. The van der Waals surface area contributed by atoms with E-state index in [0.29, 0.717) is 17.3 Å². The molecule has 0 aliphatic rings. The largest absolute Gasteiger partial charge is 0.493 e.